The van der Waals surface area contributed by atoms with Crippen molar-refractivity contribution in [3.63, 3.8) is 0 Å². The standard InChI is InChI=1S/C14H23N3O2S/c1-17(2)20(18,19)13-10-6-9-12(14(13)15)16-11-7-4-3-5-8-11/h6,9-11,16H,3-5,7-8,15H2,1-2H3. The summed E-state index contributed by atoms with van der Waals surface area (Å²) in [5.74, 6) is 0. The van der Waals surface area contributed by atoms with Crippen LogP contribution >= 0.6 is 0 Å². The molecule has 0 unspecified atom stereocenters. The minimum atomic E-state index is -3.50. The summed E-state index contributed by atoms with van der Waals surface area (Å²) in [6.45, 7) is 0. The Labute approximate surface area is 121 Å². The van der Waals surface area contributed by atoms with Crippen molar-refractivity contribution < 1.29 is 8.42 Å². The minimum absolute atomic E-state index is 0.170. The Kier molecular flexibility index (Phi) is 4.55. The zero-order valence-electron chi connectivity index (χ0n) is 12.1. The monoisotopic (exact) mass is 297 g/mol. The Morgan fingerprint density at radius 3 is 2.45 bits per heavy atom. The Bertz CT molecular complexity index is 564. The fourth-order valence-electron chi connectivity index (χ4n) is 2.56. The van der Waals surface area contributed by atoms with Gasteiger partial charge in [-0.3, -0.25) is 0 Å². The van der Waals surface area contributed by atoms with E-state index in [1.807, 2.05) is 6.07 Å². The number of rotatable bonds is 4. The third kappa shape index (κ3) is 3.07. The molecule has 0 aliphatic heterocycles. The van der Waals surface area contributed by atoms with Crippen LogP contribution in [0.25, 0.3) is 0 Å². The first kappa shape index (κ1) is 15.1. The van der Waals surface area contributed by atoms with E-state index in [0.29, 0.717) is 11.7 Å². The van der Waals surface area contributed by atoms with Crippen molar-refractivity contribution in [3.05, 3.63) is 18.2 Å². The van der Waals surface area contributed by atoms with Gasteiger partial charge in [-0.25, -0.2) is 12.7 Å². The van der Waals surface area contributed by atoms with E-state index in [9.17, 15) is 8.42 Å². The smallest absolute Gasteiger partial charge is 0.244 e. The van der Waals surface area contributed by atoms with Crippen LogP contribution in [-0.2, 0) is 10.0 Å². The van der Waals surface area contributed by atoms with E-state index >= 15 is 0 Å². The van der Waals surface area contributed by atoms with Gasteiger partial charge in [0.05, 0.1) is 11.4 Å². The number of nitrogens with one attached hydrogen (secondary N) is 1. The quantitative estimate of drug-likeness (QED) is 0.836. The highest BCUT2D eigenvalue weighted by Crippen LogP contribution is 2.30. The van der Waals surface area contributed by atoms with Gasteiger partial charge in [0, 0.05) is 20.1 Å². The van der Waals surface area contributed by atoms with E-state index < -0.39 is 10.0 Å². The number of benzene rings is 1. The van der Waals surface area contributed by atoms with E-state index in [1.165, 1.54) is 37.7 Å². The largest absolute Gasteiger partial charge is 0.396 e. The third-order valence-electron chi connectivity index (χ3n) is 3.79. The first-order chi connectivity index (χ1) is 9.43. The highest BCUT2D eigenvalue weighted by molar-refractivity contribution is 7.89. The first-order valence-corrected chi connectivity index (χ1v) is 8.44. The highest BCUT2D eigenvalue weighted by atomic mass is 32.2. The van der Waals surface area contributed by atoms with Crippen LogP contribution in [0.5, 0.6) is 0 Å². The van der Waals surface area contributed by atoms with Gasteiger partial charge in [-0.05, 0) is 25.0 Å². The first-order valence-electron chi connectivity index (χ1n) is 7.00. The molecule has 2 rings (SSSR count). The lowest BCUT2D eigenvalue weighted by molar-refractivity contribution is 0.463. The van der Waals surface area contributed by atoms with E-state index in [4.69, 9.17) is 5.73 Å². The normalized spacial score (nSPS) is 17.4. The molecule has 1 saturated carbocycles. The molecule has 0 aromatic heterocycles. The predicted molar refractivity (Wildman–Crippen MR) is 82.2 cm³/mol. The molecule has 1 aliphatic carbocycles. The molecular formula is C14H23N3O2S. The van der Waals surface area contributed by atoms with Gasteiger partial charge in [-0.1, -0.05) is 25.3 Å². The van der Waals surface area contributed by atoms with Crippen LogP contribution in [0.2, 0.25) is 0 Å². The molecule has 0 radical (unpaired) electrons. The fourth-order valence-corrected chi connectivity index (χ4v) is 3.59. The number of hydrogen-bond donors (Lipinski definition) is 2. The molecule has 5 nitrogen and oxygen atoms in total. The Hall–Kier alpha value is -1.27. The van der Waals surface area contributed by atoms with E-state index in [2.05, 4.69) is 5.32 Å². The van der Waals surface area contributed by atoms with Gasteiger partial charge in [-0.15, -0.1) is 0 Å². The SMILES string of the molecule is CN(C)S(=O)(=O)c1cccc(NC2CCCCC2)c1N. The molecule has 0 heterocycles. The van der Waals surface area contributed by atoms with Gasteiger partial charge in [-0.2, -0.15) is 0 Å². The maximum absolute atomic E-state index is 12.2. The lowest BCUT2D eigenvalue weighted by Gasteiger charge is -2.25. The van der Waals surface area contributed by atoms with Crippen LogP contribution < -0.4 is 11.1 Å². The summed E-state index contributed by atoms with van der Waals surface area (Å²) < 4.78 is 25.6. The van der Waals surface area contributed by atoms with E-state index in [0.717, 1.165) is 18.5 Å². The second kappa shape index (κ2) is 6.01. The Morgan fingerprint density at radius 2 is 1.85 bits per heavy atom. The molecule has 0 spiro atoms. The lowest BCUT2D eigenvalue weighted by Crippen LogP contribution is -2.25. The second-order valence-corrected chi connectivity index (χ2v) is 7.60. The number of sulfonamides is 1. The average molecular weight is 297 g/mol. The van der Waals surface area contributed by atoms with Crippen molar-refractivity contribution in [1.29, 1.82) is 0 Å². The van der Waals surface area contributed by atoms with Gasteiger partial charge in [0.2, 0.25) is 10.0 Å². The molecule has 1 fully saturated rings. The van der Waals surface area contributed by atoms with Crippen molar-refractivity contribution in [2.45, 2.75) is 43.0 Å². The van der Waals surface area contributed by atoms with Crippen LogP contribution in [0, 0.1) is 0 Å². The molecule has 1 aromatic rings. The summed E-state index contributed by atoms with van der Waals surface area (Å²) in [5, 5.41) is 3.39. The van der Waals surface area contributed by atoms with Crippen LogP contribution in [-0.4, -0.2) is 32.9 Å². The van der Waals surface area contributed by atoms with Crippen molar-refractivity contribution in [1.82, 2.24) is 4.31 Å². The van der Waals surface area contributed by atoms with Gasteiger partial charge < -0.3 is 11.1 Å². The maximum atomic E-state index is 12.2. The number of anilines is 2. The molecule has 20 heavy (non-hydrogen) atoms. The molecule has 1 aliphatic rings. The zero-order chi connectivity index (χ0) is 14.8. The van der Waals surface area contributed by atoms with Gasteiger partial charge in [0.15, 0.2) is 0 Å². The fraction of sp³-hybridized carbons (Fsp3) is 0.571. The van der Waals surface area contributed by atoms with E-state index in [-0.39, 0.29) is 4.90 Å². The summed E-state index contributed by atoms with van der Waals surface area (Å²) in [6.07, 6.45) is 5.94. The van der Waals surface area contributed by atoms with Crippen LogP contribution in [0.4, 0.5) is 11.4 Å². The van der Waals surface area contributed by atoms with Crippen molar-refractivity contribution in [3.8, 4) is 0 Å². The summed E-state index contributed by atoms with van der Waals surface area (Å²) in [7, 11) is -0.483. The number of nitrogen functional groups attached to an aromatic ring is 1. The van der Waals surface area contributed by atoms with E-state index in [1.54, 1.807) is 12.1 Å². The predicted octanol–water partition coefficient (Wildman–Crippen LogP) is 2.26. The topological polar surface area (TPSA) is 75.4 Å². The number of nitrogens with two attached hydrogens (primary N) is 1. The van der Waals surface area contributed by atoms with Crippen LogP contribution in [0.3, 0.4) is 0 Å². The number of para-hydroxylation sites is 1. The lowest BCUT2D eigenvalue weighted by atomic mass is 9.95. The molecular weight excluding hydrogens is 274 g/mol. The minimum Gasteiger partial charge on any atom is -0.396 e. The molecule has 0 saturated heterocycles. The number of nitrogens with zero attached hydrogens (tertiary/aromatic N) is 1. The molecule has 6 heteroatoms. The second-order valence-electron chi connectivity index (χ2n) is 5.48. The molecule has 112 valence electrons. The molecule has 1 aromatic carbocycles. The Balaban J connectivity index is 2.27. The van der Waals surface area contributed by atoms with Gasteiger partial charge >= 0.3 is 0 Å². The van der Waals surface area contributed by atoms with Crippen molar-refractivity contribution in [2.75, 3.05) is 25.1 Å². The Morgan fingerprint density at radius 1 is 1.20 bits per heavy atom. The van der Waals surface area contributed by atoms with Crippen molar-refractivity contribution >= 4 is 21.4 Å². The molecule has 0 bridgehead atoms. The van der Waals surface area contributed by atoms with Gasteiger partial charge in [0.1, 0.15) is 4.90 Å². The summed E-state index contributed by atoms with van der Waals surface area (Å²) >= 11 is 0. The van der Waals surface area contributed by atoms with Crippen LogP contribution in [0.1, 0.15) is 32.1 Å². The zero-order valence-corrected chi connectivity index (χ0v) is 12.9. The highest BCUT2D eigenvalue weighted by Gasteiger charge is 2.22. The summed E-state index contributed by atoms with van der Waals surface area (Å²) in [4.78, 5) is 0.170. The van der Waals surface area contributed by atoms with Gasteiger partial charge in [0.25, 0.3) is 0 Å². The number of hydrogen-bond acceptors (Lipinski definition) is 4. The van der Waals surface area contributed by atoms with Crippen molar-refractivity contribution in [2.24, 2.45) is 0 Å². The average Bonchev–Trinajstić information content (AvgIpc) is 2.42. The summed E-state index contributed by atoms with van der Waals surface area (Å²) in [6, 6.07) is 5.52. The summed E-state index contributed by atoms with van der Waals surface area (Å²) in [5.41, 5.74) is 7.09. The maximum Gasteiger partial charge on any atom is 0.244 e. The molecule has 0 atom stereocenters. The van der Waals surface area contributed by atoms with Crippen LogP contribution in [0.15, 0.2) is 23.1 Å². The third-order valence-corrected chi connectivity index (χ3v) is 5.66. The molecule has 3 N–H and O–H groups in total. The molecule has 0 amide bonds.